The van der Waals surface area contributed by atoms with Gasteiger partial charge in [-0.15, -0.1) is 0 Å². The number of nitrogen functional groups attached to an aromatic ring is 1. The molecule has 0 aliphatic heterocycles. The lowest BCUT2D eigenvalue weighted by Gasteiger charge is -2.14. The molecule has 3 saturated carbocycles. The molecule has 4 atom stereocenters. The fourth-order valence-electron chi connectivity index (χ4n) is 4.59. The summed E-state index contributed by atoms with van der Waals surface area (Å²) in [5.41, 5.74) is 6.68. The van der Waals surface area contributed by atoms with Crippen LogP contribution in [0.15, 0.2) is 23.1 Å². The molecule has 0 spiro atoms. The molecule has 0 heterocycles. The van der Waals surface area contributed by atoms with Gasteiger partial charge in [0.25, 0.3) is 0 Å². The predicted molar refractivity (Wildman–Crippen MR) is 77.4 cm³/mol. The minimum absolute atomic E-state index is 0.106. The third-order valence-corrected chi connectivity index (χ3v) is 6.32. The van der Waals surface area contributed by atoms with Crippen molar-refractivity contribution in [3.05, 3.63) is 18.2 Å². The summed E-state index contributed by atoms with van der Waals surface area (Å²) in [6, 6.07) is 5.30. The largest absolute Gasteiger partial charge is 0.399 e. The number of hydrogen-bond donors (Lipinski definition) is 3. The average molecular weight is 293 g/mol. The molecule has 0 amide bonds. The van der Waals surface area contributed by atoms with E-state index < -0.39 is 10.0 Å². The number of nitrogens with one attached hydrogen (secondary N) is 1. The molecule has 6 heteroatoms. The monoisotopic (exact) mass is 293 g/mol. The van der Waals surface area contributed by atoms with Crippen LogP contribution in [0.2, 0.25) is 0 Å². The molecule has 4 unspecified atom stereocenters. The van der Waals surface area contributed by atoms with Crippen LogP contribution in [-0.2, 0) is 10.0 Å². The first-order valence-corrected chi connectivity index (χ1v) is 8.68. The summed E-state index contributed by atoms with van der Waals surface area (Å²) >= 11 is 0. The average Bonchev–Trinajstić information content (AvgIpc) is 2.78. The molecule has 108 valence electrons. The Morgan fingerprint density at radius 3 is 2.40 bits per heavy atom. The van der Waals surface area contributed by atoms with Crippen LogP contribution < -0.4 is 16.2 Å². The van der Waals surface area contributed by atoms with Crippen molar-refractivity contribution >= 4 is 21.4 Å². The Morgan fingerprint density at radius 1 is 1.15 bits per heavy atom. The Hall–Kier alpha value is -1.27. The topological polar surface area (TPSA) is 98.2 Å². The second-order valence-corrected chi connectivity index (χ2v) is 7.99. The van der Waals surface area contributed by atoms with Gasteiger partial charge in [0, 0.05) is 11.7 Å². The lowest BCUT2D eigenvalue weighted by molar-refractivity contribution is 0.456. The molecular weight excluding hydrogens is 274 g/mol. The van der Waals surface area contributed by atoms with Crippen molar-refractivity contribution in [1.29, 1.82) is 0 Å². The molecule has 1 aromatic carbocycles. The van der Waals surface area contributed by atoms with Crippen molar-refractivity contribution < 1.29 is 8.42 Å². The van der Waals surface area contributed by atoms with Gasteiger partial charge in [-0.2, -0.15) is 0 Å². The maximum atomic E-state index is 11.7. The second kappa shape index (κ2) is 3.89. The van der Waals surface area contributed by atoms with Crippen LogP contribution in [0.1, 0.15) is 19.3 Å². The maximum absolute atomic E-state index is 11.7. The van der Waals surface area contributed by atoms with Crippen LogP contribution in [0.5, 0.6) is 0 Å². The minimum Gasteiger partial charge on any atom is -0.399 e. The summed E-state index contributed by atoms with van der Waals surface area (Å²) in [5, 5.41) is 8.69. The zero-order valence-corrected chi connectivity index (χ0v) is 11.9. The van der Waals surface area contributed by atoms with Crippen molar-refractivity contribution in [1.82, 2.24) is 0 Å². The number of anilines is 2. The highest BCUT2D eigenvalue weighted by molar-refractivity contribution is 7.89. The van der Waals surface area contributed by atoms with Crippen LogP contribution in [0, 0.1) is 23.7 Å². The van der Waals surface area contributed by atoms with E-state index in [1.807, 2.05) is 0 Å². The van der Waals surface area contributed by atoms with Gasteiger partial charge in [-0.05, 0) is 61.1 Å². The van der Waals surface area contributed by atoms with E-state index in [0.29, 0.717) is 17.4 Å². The fraction of sp³-hybridized carbons (Fsp3) is 0.571. The Morgan fingerprint density at radius 2 is 1.80 bits per heavy atom. The van der Waals surface area contributed by atoms with E-state index in [1.165, 1.54) is 25.3 Å². The third kappa shape index (κ3) is 1.74. The van der Waals surface area contributed by atoms with Crippen LogP contribution in [0.25, 0.3) is 0 Å². The van der Waals surface area contributed by atoms with E-state index >= 15 is 0 Å². The standard InChI is InChI=1S/C14H19N3O2S/c15-9-3-4-10(11(6-9)20(16,18)19)17-14-12-7-1-2-8(5-7)13(12)14/h3-4,6-8,12-14,17H,1-2,5,15H2,(H2,16,18,19). The van der Waals surface area contributed by atoms with Gasteiger partial charge < -0.3 is 11.1 Å². The minimum atomic E-state index is -3.75. The first-order chi connectivity index (χ1) is 9.45. The molecule has 0 saturated heterocycles. The van der Waals surface area contributed by atoms with E-state index in [4.69, 9.17) is 10.9 Å². The first-order valence-electron chi connectivity index (χ1n) is 7.14. The van der Waals surface area contributed by atoms with Gasteiger partial charge >= 0.3 is 0 Å². The molecule has 5 nitrogen and oxygen atoms in total. The van der Waals surface area contributed by atoms with Crippen molar-refractivity contribution in [2.75, 3.05) is 11.1 Å². The van der Waals surface area contributed by atoms with Crippen LogP contribution in [0.4, 0.5) is 11.4 Å². The summed E-state index contributed by atoms with van der Waals surface area (Å²) in [6.45, 7) is 0. The summed E-state index contributed by atoms with van der Waals surface area (Å²) in [6.07, 6.45) is 4.05. The quantitative estimate of drug-likeness (QED) is 0.733. The summed E-state index contributed by atoms with van der Waals surface area (Å²) in [4.78, 5) is 0.106. The number of nitrogens with two attached hydrogens (primary N) is 2. The van der Waals surface area contributed by atoms with E-state index in [9.17, 15) is 8.42 Å². The molecule has 2 bridgehead atoms. The van der Waals surface area contributed by atoms with E-state index in [0.717, 1.165) is 23.7 Å². The molecule has 3 aliphatic carbocycles. The molecule has 3 aliphatic rings. The Balaban J connectivity index is 1.62. The van der Waals surface area contributed by atoms with Gasteiger partial charge in [0.1, 0.15) is 4.90 Å². The molecule has 1 aromatic rings. The second-order valence-electron chi connectivity index (χ2n) is 6.46. The number of rotatable bonds is 3. The van der Waals surface area contributed by atoms with E-state index in [-0.39, 0.29) is 4.90 Å². The van der Waals surface area contributed by atoms with Crippen molar-refractivity contribution in [2.45, 2.75) is 30.2 Å². The summed E-state index contributed by atoms with van der Waals surface area (Å²) in [7, 11) is -3.75. The van der Waals surface area contributed by atoms with Crippen LogP contribution in [0.3, 0.4) is 0 Å². The molecule has 20 heavy (non-hydrogen) atoms. The van der Waals surface area contributed by atoms with Gasteiger partial charge in [0.05, 0.1) is 5.69 Å². The SMILES string of the molecule is Nc1ccc(NC2C3C4CCC(C4)C23)c(S(N)(=O)=O)c1. The van der Waals surface area contributed by atoms with Gasteiger partial charge in [-0.25, -0.2) is 13.6 Å². The zero-order chi connectivity index (χ0) is 14.1. The molecular formula is C14H19N3O2S. The van der Waals surface area contributed by atoms with Crippen LogP contribution >= 0.6 is 0 Å². The number of fused-ring (bicyclic) bond motifs is 5. The van der Waals surface area contributed by atoms with Gasteiger partial charge in [0.15, 0.2) is 0 Å². The Labute approximate surface area is 118 Å². The lowest BCUT2D eigenvalue weighted by atomic mass is 10.0. The van der Waals surface area contributed by atoms with Crippen molar-refractivity contribution in [3.63, 3.8) is 0 Å². The maximum Gasteiger partial charge on any atom is 0.240 e. The van der Waals surface area contributed by atoms with E-state index in [1.54, 1.807) is 12.1 Å². The lowest BCUT2D eigenvalue weighted by Crippen LogP contribution is -2.18. The number of sulfonamides is 1. The normalized spacial score (nSPS) is 37.8. The Kier molecular flexibility index (Phi) is 2.42. The zero-order valence-electron chi connectivity index (χ0n) is 11.1. The van der Waals surface area contributed by atoms with Gasteiger partial charge in [-0.1, -0.05) is 0 Å². The summed E-state index contributed by atoms with van der Waals surface area (Å²) in [5.74, 6) is 3.16. The number of hydrogen-bond acceptors (Lipinski definition) is 4. The highest BCUT2D eigenvalue weighted by Gasteiger charge is 2.65. The number of primary sulfonamides is 1. The fourth-order valence-corrected chi connectivity index (χ4v) is 5.33. The highest BCUT2D eigenvalue weighted by Crippen LogP contribution is 2.66. The molecule has 0 aromatic heterocycles. The van der Waals surface area contributed by atoms with E-state index in [2.05, 4.69) is 5.32 Å². The highest BCUT2D eigenvalue weighted by atomic mass is 32.2. The van der Waals surface area contributed by atoms with Crippen molar-refractivity contribution in [2.24, 2.45) is 28.8 Å². The predicted octanol–water partition coefficient (Wildman–Crippen LogP) is 1.37. The smallest absolute Gasteiger partial charge is 0.240 e. The van der Waals surface area contributed by atoms with Crippen molar-refractivity contribution in [3.8, 4) is 0 Å². The Bertz CT molecular complexity index is 657. The summed E-state index contributed by atoms with van der Waals surface area (Å²) < 4.78 is 23.4. The number of benzene rings is 1. The molecule has 0 radical (unpaired) electrons. The molecule has 4 rings (SSSR count). The van der Waals surface area contributed by atoms with Gasteiger partial charge in [-0.3, -0.25) is 0 Å². The first kappa shape index (κ1) is 12.5. The van der Waals surface area contributed by atoms with Crippen LogP contribution in [-0.4, -0.2) is 14.5 Å². The van der Waals surface area contributed by atoms with Gasteiger partial charge in [0.2, 0.25) is 10.0 Å². The third-order valence-electron chi connectivity index (χ3n) is 5.37. The molecule has 5 N–H and O–H groups in total. The molecule has 3 fully saturated rings.